The Morgan fingerprint density at radius 1 is 0.643 bits per heavy atom. The predicted octanol–water partition coefficient (Wildman–Crippen LogP) is 8.15. The fraction of sp³-hybridized carbons (Fsp3) is 0.308. The minimum Gasteiger partial charge on any atom is -0.165 e. The van der Waals surface area contributed by atoms with E-state index >= 15 is 0 Å². The van der Waals surface area contributed by atoms with Crippen LogP contribution in [0.3, 0.4) is 0 Å². The Bertz CT molecular complexity index is 799. The van der Waals surface area contributed by atoms with Gasteiger partial charge in [-0.25, -0.2) is 0 Å². The second-order valence-corrected chi connectivity index (χ2v) is 8.64. The first-order valence-corrected chi connectivity index (χ1v) is 11.9. The van der Waals surface area contributed by atoms with Gasteiger partial charge in [-0.1, -0.05) is 52.9 Å². The van der Waals surface area contributed by atoms with Crippen molar-refractivity contribution >= 4 is 31.1 Å². The molecule has 0 amide bonds. The number of benzene rings is 2. The largest absolute Gasteiger partial charge is 2.00 e. The molecule has 0 unspecified atom stereocenters. The Labute approximate surface area is 193 Å². The second kappa shape index (κ2) is 12.3. The number of hydrogen-bond acceptors (Lipinski definition) is 0. The van der Waals surface area contributed by atoms with E-state index in [4.69, 9.17) is 0 Å². The van der Waals surface area contributed by atoms with E-state index in [2.05, 4.69) is 114 Å². The molecular weight excluding hydrogens is 432 g/mol. The zero-order chi connectivity index (χ0) is 19.8. The van der Waals surface area contributed by atoms with Crippen LogP contribution in [0, 0.1) is 0 Å². The van der Waals surface area contributed by atoms with E-state index in [1.54, 1.807) is 0 Å². The van der Waals surface area contributed by atoms with Gasteiger partial charge in [0.05, 0.1) is 0 Å². The summed E-state index contributed by atoms with van der Waals surface area (Å²) in [6.45, 7) is 13.2. The number of rotatable bonds is 2. The first-order chi connectivity index (χ1) is 13.0. The van der Waals surface area contributed by atoms with Gasteiger partial charge in [-0.2, -0.15) is 12.1 Å². The molecule has 0 saturated heterocycles. The average Bonchev–Trinajstić information content (AvgIpc) is 3.27. The van der Waals surface area contributed by atoms with Gasteiger partial charge in [0, 0.05) is 9.52 Å². The molecule has 144 valence electrons. The van der Waals surface area contributed by atoms with Crippen LogP contribution in [0.15, 0.2) is 72.8 Å². The van der Waals surface area contributed by atoms with Crippen LogP contribution in [0.4, 0.5) is 0 Å². The van der Waals surface area contributed by atoms with Crippen LogP contribution in [-0.2, 0) is 26.2 Å². The molecule has 0 fully saturated rings. The summed E-state index contributed by atoms with van der Waals surface area (Å²) in [5, 5.41) is 5.45. The third-order valence-electron chi connectivity index (χ3n) is 4.61. The molecule has 2 heteroatoms. The van der Waals surface area contributed by atoms with Crippen molar-refractivity contribution in [1.29, 1.82) is 0 Å². The van der Waals surface area contributed by atoms with Crippen LogP contribution in [0.5, 0.6) is 0 Å². The van der Waals surface area contributed by atoms with Crippen molar-refractivity contribution in [1.82, 2.24) is 0 Å². The summed E-state index contributed by atoms with van der Waals surface area (Å²) in [5.41, 5.74) is 2.88. The molecule has 0 bridgehead atoms. The summed E-state index contributed by atoms with van der Waals surface area (Å²) in [5.74, 6) is 1.27. The Balaban J connectivity index is 0.000000239. The van der Waals surface area contributed by atoms with E-state index in [9.17, 15) is 0 Å². The Hall–Kier alpha value is -1.24. The van der Waals surface area contributed by atoms with Crippen molar-refractivity contribution in [2.45, 2.75) is 52.6 Å². The van der Waals surface area contributed by atoms with E-state index in [-0.39, 0.29) is 26.2 Å². The Morgan fingerprint density at radius 3 is 1.25 bits per heavy atom. The molecule has 0 heterocycles. The maximum Gasteiger partial charge on any atom is 2.00 e. The van der Waals surface area contributed by atoms with Gasteiger partial charge in [-0.05, 0) is 11.8 Å². The summed E-state index contributed by atoms with van der Waals surface area (Å²) in [6.07, 6.45) is 0. The normalized spacial score (nSPS) is 10.3. The maximum atomic E-state index is 2.28. The Morgan fingerprint density at radius 2 is 0.964 bits per heavy atom. The van der Waals surface area contributed by atoms with Gasteiger partial charge in [0.1, 0.15) is 0 Å². The van der Waals surface area contributed by atoms with Gasteiger partial charge in [-0.3, -0.25) is 0 Å². The Kier molecular flexibility index (Phi) is 10.9. The van der Waals surface area contributed by atoms with Gasteiger partial charge in [0.15, 0.2) is 0 Å². The van der Waals surface area contributed by atoms with Crippen molar-refractivity contribution < 1.29 is 26.2 Å². The second-order valence-electron chi connectivity index (χ2n) is 7.64. The van der Waals surface area contributed by atoms with Gasteiger partial charge in [-0.15, -0.1) is 81.2 Å². The number of hydrogen-bond donors (Lipinski definition) is 0. The first-order valence-electron chi connectivity index (χ1n) is 9.85. The van der Waals surface area contributed by atoms with Crippen LogP contribution in [0.2, 0.25) is 13.1 Å². The number of fused-ring (bicyclic) bond motifs is 2. The van der Waals surface area contributed by atoms with E-state index in [0.717, 1.165) is 9.52 Å². The molecule has 0 aliphatic rings. The van der Waals surface area contributed by atoms with Crippen LogP contribution in [0.1, 0.15) is 50.7 Å². The van der Waals surface area contributed by atoms with Crippen molar-refractivity contribution in [3.8, 4) is 0 Å². The molecule has 2 radical (unpaired) electrons. The van der Waals surface area contributed by atoms with Gasteiger partial charge >= 0.3 is 26.2 Å². The molecule has 4 aromatic rings. The topological polar surface area (TPSA) is 0 Å². The molecule has 0 aliphatic heterocycles. The van der Waals surface area contributed by atoms with Gasteiger partial charge in [0.25, 0.3) is 0 Å². The molecule has 4 aromatic carbocycles. The summed E-state index contributed by atoms with van der Waals surface area (Å²) in [7, 11) is 1.08. The van der Waals surface area contributed by atoms with Crippen molar-refractivity contribution in [2.75, 3.05) is 0 Å². The van der Waals surface area contributed by atoms with E-state index in [1.807, 2.05) is 0 Å². The monoisotopic (exact) mass is 462 g/mol. The van der Waals surface area contributed by atoms with E-state index < -0.39 is 0 Å². The summed E-state index contributed by atoms with van der Waals surface area (Å²) in [6, 6.07) is 26.1. The minimum atomic E-state index is 0. The third-order valence-corrected chi connectivity index (χ3v) is 4.61. The molecule has 0 N–H and O–H groups in total. The molecule has 4 rings (SSSR count). The molecule has 0 aromatic heterocycles. The molecule has 28 heavy (non-hydrogen) atoms. The third kappa shape index (κ3) is 6.98. The molecule has 0 aliphatic carbocycles. The fourth-order valence-corrected chi connectivity index (χ4v) is 3.02. The zero-order valence-electron chi connectivity index (χ0n) is 18.1. The first kappa shape index (κ1) is 24.8. The smallest absolute Gasteiger partial charge is 0.165 e. The predicted molar refractivity (Wildman–Crippen MR) is 125 cm³/mol. The average molecular weight is 464 g/mol. The summed E-state index contributed by atoms with van der Waals surface area (Å²) in [4.78, 5) is 0. The fourth-order valence-electron chi connectivity index (χ4n) is 3.02. The maximum absolute atomic E-state index is 2.28. The molecule has 0 nitrogen and oxygen atoms in total. The van der Waals surface area contributed by atoms with E-state index in [0.29, 0.717) is 11.8 Å². The van der Waals surface area contributed by atoms with E-state index in [1.165, 1.54) is 32.7 Å². The molecule has 0 saturated carbocycles. The SMILES string of the molecule is CC(C)c1cc2ccccc2[cH-]1.CC(C)c1cc2ccccc2[cH-]1.C[Si]C.[Zr+2]. The van der Waals surface area contributed by atoms with Crippen LogP contribution in [-0.4, -0.2) is 9.52 Å². The molecular formula is C26H32SiZr. The standard InChI is InChI=1S/2C12H13.C2H6Si.Zr/c2*1-9(2)12-7-10-5-3-4-6-11(10)8-12;1-3-2;/h2*3-9H,1-2H3;1-2H3;/q2*-1;;+2. The molecule has 0 spiro atoms. The summed E-state index contributed by atoms with van der Waals surface area (Å²) >= 11 is 0. The zero-order valence-corrected chi connectivity index (χ0v) is 21.5. The quantitative estimate of drug-likeness (QED) is 0.208. The minimum absolute atomic E-state index is 0. The van der Waals surface area contributed by atoms with Crippen molar-refractivity contribution in [3.05, 3.63) is 83.9 Å². The van der Waals surface area contributed by atoms with Crippen LogP contribution in [0.25, 0.3) is 21.5 Å². The van der Waals surface area contributed by atoms with Crippen LogP contribution >= 0.6 is 0 Å². The van der Waals surface area contributed by atoms with Crippen molar-refractivity contribution in [3.63, 3.8) is 0 Å². The summed E-state index contributed by atoms with van der Waals surface area (Å²) < 4.78 is 0. The van der Waals surface area contributed by atoms with Gasteiger partial charge < -0.3 is 0 Å². The van der Waals surface area contributed by atoms with Crippen LogP contribution < -0.4 is 0 Å². The molecule has 0 atom stereocenters. The van der Waals surface area contributed by atoms with Gasteiger partial charge in [0.2, 0.25) is 0 Å². The van der Waals surface area contributed by atoms with Crippen molar-refractivity contribution in [2.24, 2.45) is 0 Å².